The van der Waals surface area contributed by atoms with Crippen LogP contribution in [0.4, 0.5) is 5.69 Å². The normalized spacial score (nSPS) is 11.6. The molecule has 12 heteroatoms. The number of fused-ring (bicyclic) bond motifs is 1. The molecule has 3 amide bonds. The van der Waals surface area contributed by atoms with Crippen LogP contribution in [0.15, 0.2) is 65.8 Å². The van der Waals surface area contributed by atoms with E-state index in [1.54, 1.807) is 48.5 Å². The summed E-state index contributed by atoms with van der Waals surface area (Å²) in [5.41, 5.74) is 3.97. The van der Waals surface area contributed by atoms with Crippen molar-refractivity contribution in [2.24, 2.45) is 5.10 Å². The molecule has 0 aromatic heterocycles. The second-order valence-electron chi connectivity index (χ2n) is 7.81. The van der Waals surface area contributed by atoms with Crippen LogP contribution in [0.1, 0.15) is 11.1 Å². The van der Waals surface area contributed by atoms with Crippen molar-refractivity contribution >= 4 is 41.2 Å². The van der Waals surface area contributed by atoms with Crippen LogP contribution in [0.3, 0.4) is 0 Å². The molecule has 0 spiro atoms. The molecule has 3 aromatic rings. The standard InChI is InChI=1S/C26H23ClN4O7/c1-35-22-11-17(9-19(27)24(22)36-14-23(32)30-18-5-3-2-4-6-18)13-29-31-26(34)25(33)28-12-16-7-8-20-21(10-16)38-15-37-20/h2-11,13H,12,14-15H2,1H3,(H,28,33)(H,30,32)(H,31,34)/b29-13-. The van der Waals surface area contributed by atoms with Crippen LogP contribution in [-0.2, 0) is 20.9 Å². The third kappa shape index (κ3) is 6.92. The molecule has 1 heterocycles. The molecule has 0 saturated heterocycles. The summed E-state index contributed by atoms with van der Waals surface area (Å²) in [6, 6.07) is 17.2. The van der Waals surface area contributed by atoms with Crippen molar-refractivity contribution in [1.82, 2.24) is 10.7 Å². The maximum absolute atomic E-state index is 12.2. The number of halogens is 1. The van der Waals surface area contributed by atoms with Gasteiger partial charge in [-0.1, -0.05) is 35.9 Å². The molecule has 0 aliphatic carbocycles. The monoisotopic (exact) mass is 538 g/mol. The van der Waals surface area contributed by atoms with Gasteiger partial charge in [-0.2, -0.15) is 5.10 Å². The molecular formula is C26H23ClN4O7. The van der Waals surface area contributed by atoms with Crippen molar-refractivity contribution in [1.29, 1.82) is 0 Å². The lowest BCUT2D eigenvalue weighted by Gasteiger charge is -2.13. The third-order valence-electron chi connectivity index (χ3n) is 5.13. The lowest BCUT2D eigenvalue weighted by atomic mass is 10.2. The van der Waals surface area contributed by atoms with E-state index in [0.29, 0.717) is 22.7 Å². The Hall–Kier alpha value is -4.77. The Morgan fingerprint density at radius 3 is 2.61 bits per heavy atom. The summed E-state index contributed by atoms with van der Waals surface area (Å²) in [6.45, 7) is -0.0373. The van der Waals surface area contributed by atoms with E-state index >= 15 is 0 Å². The molecule has 0 unspecified atom stereocenters. The van der Waals surface area contributed by atoms with Gasteiger partial charge in [-0.05, 0) is 47.5 Å². The first-order chi connectivity index (χ1) is 18.4. The summed E-state index contributed by atoms with van der Waals surface area (Å²) < 4.78 is 21.4. The first-order valence-electron chi connectivity index (χ1n) is 11.3. The zero-order valence-corrected chi connectivity index (χ0v) is 20.9. The average molecular weight is 539 g/mol. The number of rotatable bonds is 9. The van der Waals surface area contributed by atoms with Gasteiger partial charge in [0.2, 0.25) is 6.79 Å². The van der Waals surface area contributed by atoms with Crippen LogP contribution in [0.5, 0.6) is 23.0 Å². The average Bonchev–Trinajstić information content (AvgIpc) is 3.39. The number of carbonyl (C=O) groups excluding carboxylic acids is 3. The van der Waals surface area contributed by atoms with E-state index in [9.17, 15) is 14.4 Å². The summed E-state index contributed by atoms with van der Waals surface area (Å²) >= 11 is 6.32. The molecule has 0 bridgehead atoms. The lowest BCUT2D eigenvalue weighted by Crippen LogP contribution is -2.37. The van der Waals surface area contributed by atoms with Gasteiger partial charge in [0, 0.05) is 12.2 Å². The molecule has 0 radical (unpaired) electrons. The van der Waals surface area contributed by atoms with Crippen molar-refractivity contribution in [3.05, 3.63) is 76.8 Å². The van der Waals surface area contributed by atoms with Gasteiger partial charge in [0.25, 0.3) is 5.91 Å². The Kier molecular flexibility index (Phi) is 8.62. The minimum Gasteiger partial charge on any atom is -0.493 e. The van der Waals surface area contributed by atoms with Crippen molar-refractivity contribution in [2.45, 2.75) is 6.54 Å². The first-order valence-corrected chi connectivity index (χ1v) is 11.7. The van der Waals surface area contributed by atoms with Crippen LogP contribution in [-0.4, -0.2) is 44.4 Å². The number of methoxy groups -OCH3 is 1. The molecule has 38 heavy (non-hydrogen) atoms. The maximum Gasteiger partial charge on any atom is 0.329 e. The number of anilines is 1. The molecule has 3 aromatic carbocycles. The minimum absolute atomic E-state index is 0.115. The van der Waals surface area contributed by atoms with Gasteiger partial charge in [-0.3, -0.25) is 14.4 Å². The van der Waals surface area contributed by atoms with E-state index in [-0.39, 0.29) is 42.4 Å². The van der Waals surface area contributed by atoms with Crippen LogP contribution in [0.25, 0.3) is 0 Å². The highest BCUT2D eigenvalue weighted by Gasteiger charge is 2.16. The van der Waals surface area contributed by atoms with Gasteiger partial charge in [-0.15, -0.1) is 0 Å². The third-order valence-corrected chi connectivity index (χ3v) is 5.41. The van der Waals surface area contributed by atoms with Crippen LogP contribution < -0.4 is 35.0 Å². The Labute approximate surface area is 222 Å². The Morgan fingerprint density at radius 2 is 1.82 bits per heavy atom. The van der Waals surface area contributed by atoms with Crippen molar-refractivity contribution in [2.75, 3.05) is 25.8 Å². The fourth-order valence-electron chi connectivity index (χ4n) is 3.34. The van der Waals surface area contributed by atoms with E-state index in [1.165, 1.54) is 19.4 Å². The number of ether oxygens (including phenoxy) is 4. The summed E-state index contributed by atoms with van der Waals surface area (Å²) in [4.78, 5) is 36.3. The zero-order chi connectivity index (χ0) is 26.9. The van der Waals surface area contributed by atoms with Crippen LogP contribution >= 0.6 is 11.6 Å². The molecule has 4 rings (SSSR count). The molecule has 196 valence electrons. The second-order valence-corrected chi connectivity index (χ2v) is 8.21. The lowest BCUT2D eigenvalue weighted by molar-refractivity contribution is -0.139. The number of hydrogen-bond donors (Lipinski definition) is 3. The summed E-state index contributed by atoms with van der Waals surface area (Å²) in [6.07, 6.45) is 1.28. The van der Waals surface area contributed by atoms with Crippen LogP contribution in [0.2, 0.25) is 5.02 Å². The van der Waals surface area contributed by atoms with Gasteiger partial charge in [0.1, 0.15) is 0 Å². The van der Waals surface area contributed by atoms with Crippen molar-refractivity contribution < 1.29 is 33.3 Å². The van der Waals surface area contributed by atoms with Crippen molar-refractivity contribution in [3.63, 3.8) is 0 Å². The fourth-order valence-corrected chi connectivity index (χ4v) is 3.61. The smallest absolute Gasteiger partial charge is 0.329 e. The van der Waals surface area contributed by atoms with E-state index in [0.717, 1.165) is 5.56 Å². The van der Waals surface area contributed by atoms with Gasteiger partial charge in [0.05, 0.1) is 18.3 Å². The van der Waals surface area contributed by atoms with Crippen LogP contribution in [0, 0.1) is 0 Å². The highest BCUT2D eigenvalue weighted by Crippen LogP contribution is 2.36. The number of nitrogens with zero attached hydrogens (tertiary/aromatic N) is 1. The van der Waals surface area contributed by atoms with E-state index in [4.69, 9.17) is 30.5 Å². The maximum atomic E-state index is 12.2. The number of nitrogens with one attached hydrogen (secondary N) is 3. The van der Waals surface area contributed by atoms with E-state index in [2.05, 4.69) is 21.2 Å². The highest BCUT2D eigenvalue weighted by molar-refractivity contribution is 6.35. The SMILES string of the molecule is COc1cc(/C=N\NC(=O)C(=O)NCc2ccc3c(c2)OCO3)cc(Cl)c1OCC(=O)Nc1ccccc1. The second kappa shape index (κ2) is 12.5. The predicted molar refractivity (Wildman–Crippen MR) is 139 cm³/mol. The van der Waals surface area contributed by atoms with E-state index in [1.807, 2.05) is 6.07 Å². The number of para-hydroxylation sites is 1. The fraction of sp³-hybridized carbons (Fsp3) is 0.154. The quantitative estimate of drug-likeness (QED) is 0.216. The topological polar surface area (TPSA) is 137 Å². The molecule has 11 nitrogen and oxygen atoms in total. The first kappa shape index (κ1) is 26.3. The molecule has 0 atom stereocenters. The number of amides is 3. The van der Waals surface area contributed by atoms with E-state index < -0.39 is 11.8 Å². The summed E-state index contributed by atoms with van der Waals surface area (Å²) in [7, 11) is 1.41. The number of hydrazone groups is 1. The number of benzene rings is 3. The molecular weight excluding hydrogens is 516 g/mol. The summed E-state index contributed by atoms with van der Waals surface area (Å²) in [5, 5.41) is 9.15. The van der Waals surface area contributed by atoms with Crippen molar-refractivity contribution in [3.8, 4) is 23.0 Å². The van der Waals surface area contributed by atoms with Gasteiger partial charge >= 0.3 is 11.8 Å². The minimum atomic E-state index is -0.954. The molecule has 1 aliphatic heterocycles. The van der Waals surface area contributed by atoms with Gasteiger partial charge in [0.15, 0.2) is 29.6 Å². The predicted octanol–water partition coefficient (Wildman–Crippen LogP) is 2.86. The van der Waals surface area contributed by atoms with Gasteiger partial charge in [-0.25, -0.2) is 5.43 Å². The molecule has 0 fully saturated rings. The largest absolute Gasteiger partial charge is 0.493 e. The molecule has 0 saturated carbocycles. The van der Waals surface area contributed by atoms with Gasteiger partial charge < -0.3 is 29.6 Å². The molecule has 1 aliphatic rings. The Morgan fingerprint density at radius 1 is 1.03 bits per heavy atom. The summed E-state index contributed by atoms with van der Waals surface area (Å²) in [5.74, 6) is -0.582. The zero-order valence-electron chi connectivity index (χ0n) is 20.2. The highest BCUT2D eigenvalue weighted by atomic mass is 35.5. The Bertz CT molecular complexity index is 1370. The Balaban J connectivity index is 1.28. The number of hydrogen-bond acceptors (Lipinski definition) is 8. The molecule has 3 N–H and O–H groups in total. The number of carbonyl (C=O) groups is 3.